The fourth-order valence-corrected chi connectivity index (χ4v) is 7.71. The summed E-state index contributed by atoms with van der Waals surface area (Å²) in [6, 6.07) is 36.2. The molecule has 6 rings (SSSR count). The van der Waals surface area contributed by atoms with E-state index in [0.29, 0.717) is 17.5 Å². The Kier molecular flexibility index (Phi) is 9.71. The van der Waals surface area contributed by atoms with Crippen molar-refractivity contribution < 1.29 is 17.6 Å². The number of anilines is 1. The van der Waals surface area contributed by atoms with Gasteiger partial charge in [0.15, 0.2) is 11.5 Å². The monoisotopic (exact) mass is 675 g/mol. The van der Waals surface area contributed by atoms with E-state index in [1.54, 1.807) is 4.68 Å². The number of hydrogen-bond donors (Lipinski definition) is 1. The van der Waals surface area contributed by atoms with Gasteiger partial charge in [-0.3, -0.25) is 4.79 Å². The Labute approximate surface area is 286 Å². The minimum Gasteiger partial charge on any atom is -0.309 e. The maximum absolute atomic E-state index is 14.2. The first kappa shape index (κ1) is 33.7. The Bertz CT molecular complexity index is 2080. The van der Waals surface area contributed by atoms with E-state index in [4.69, 9.17) is 10.1 Å². The van der Waals surface area contributed by atoms with Crippen LogP contribution >= 0.6 is 0 Å². The van der Waals surface area contributed by atoms with Crippen LogP contribution in [0.1, 0.15) is 42.9 Å². The van der Waals surface area contributed by atoms with E-state index < -0.39 is 21.2 Å². The van der Waals surface area contributed by atoms with Gasteiger partial charge in [0, 0.05) is 18.7 Å². The summed E-state index contributed by atoms with van der Waals surface area (Å²) in [5, 5.41) is 8.41. The number of hydrogen-bond acceptors (Lipinski definition) is 6. The van der Waals surface area contributed by atoms with Crippen LogP contribution in [0.3, 0.4) is 0 Å². The number of benzene rings is 4. The van der Waals surface area contributed by atoms with Crippen LogP contribution in [0.4, 0.5) is 10.2 Å². The first-order valence-corrected chi connectivity index (χ1v) is 17.7. The number of aromatic nitrogens is 3. The quantitative estimate of drug-likeness (QED) is 0.137. The summed E-state index contributed by atoms with van der Waals surface area (Å²) in [4.78, 5) is 20.0. The van der Waals surface area contributed by atoms with E-state index in [1.807, 2.05) is 105 Å². The number of nitrogens with one attached hydrogen (secondary N) is 1. The van der Waals surface area contributed by atoms with Gasteiger partial charge in [0.05, 0.1) is 15.2 Å². The van der Waals surface area contributed by atoms with Gasteiger partial charge < -0.3 is 10.2 Å². The third-order valence-corrected chi connectivity index (χ3v) is 10.7. The molecule has 0 bridgehead atoms. The highest BCUT2D eigenvalue weighted by Gasteiger charge is 2.41. The van der Waals surface area contributed by atoms with Crippen molar-refractivity contribution in [1.82, 2.24) is 19.7 Å². The molecule has 2 heterocycles. The number of carbonyl (C=O) groups excluding carboxylic acids is 1. The van der Waals surface area contributed by atoms with Crippen molar-refractivity contribution in [1.29, 1.82) is 0 Å². The molecule has 49 heavy (non-hydrogen) atoms. The molecule has 0 aliphatic carbocycles. The fourth-order valence-electron chi connectivity index (χ4n) is 6.45. The van der Waals surface area contributed by atoms with Gasteiger partial charge in [-0.25, -0.2) is 22.5 Å². The first-order valence-electron chi connectivity index (χ1n) is 16.2. The Hall–Kier alpha value is -5.19. The summed E-state index contributed by atoms with van der Waals surface area (Å²) in [6.45, 7) is 2.08. The second-order valence-electron chi connectivity index (χ2n) is 12.2. The largest absolute Gasteiger partial charge is 0.309 e. The standard InChI is InChI=1S/C39H38FN5O3S/c1-4-32(44(2)3)23-24-36(46)42-37-35-26-34(49(47,48)33-22-14-21-31(40)25-33)27-41-38(35)45(43-37)39(28-15-8-5-9-16-28,29-17-10-6-11-18-29)30-19-12-7-13-20-30/h5-22,25-27,32H,4,23-24H2,1-3H3,(H,42,43,46). The Morgan fingerprint density at radius 1 is 0.837 bits per heavy atom. The van der Waals surface area contributed by atoms with Crippen molar-refractivity contribution in [2.24, 2.45) is 0 Å². The summed E-state index contributed by atoms with van der Waals surface area (Å²) < 4.78 is 43.5. The lowest BCUT2D eigenvalue weighted by molar-refractivity contribution is -0.116. The molecule has 4 aromatic carbocycles. The third-order valence-electron chi connectivity index (χ3n) is 8.97. The highest BCUT2D eigenvalue weighted by Crippen LogP contribution is 2.43. The lowest BCUT2D eigenvalue weighted by Crippen LogP contribution is -2.39. The van der Waals surface area contributed by atoms with Crippen molar-refractivity contribution in [2.45, 2.75) is 47.6 Å². The zero-order valence-corrected chi connectivity index (χ0v) is 28.4. The Morgan fingerprint density at radius 3 is 1.92 bits per heavy atom. The molecule has 2 aromatic heterocycles. The lowest BCUT2D eigenvalue weighted by atomic mass is 9.77. The fraction of sp³-hybridized carbons (Fsp3) is 0.205. The van der Waals surface area contributed by atoms with Crippen LogP contribution in [-0.4, -0.2) is 54.1 Å². The molecule has 250 valence electrons. The zero-order valence-electron chi connectivity index (χ0n) is 27.6. The molecular formula is C39H38FN5O3S. The molecule has 0 fully saturated rings. The van der Waals surface area contributed by atoms with Gasteiger partial charge >= 0.3 is 0 Å². The van der Waals surface area contributed by atoms with Gasteiger partial charge in [-0.15, -0.1) is 0 Å². The highest BCUT2D eigenvalue weighted by atomic mass is 32.2. The molecule has 6 aromatic rings. The summed E-state index contributed by atoms with van der Waals surface area (Å²) in [5.74, 6) is -0.749. The maximum Gasteiger partial charge on any atom is 0.225 e. The Balaban J connectivity index is 1.61. The average Bonchev–Trinajstić information content (AvgIpc) is 3.47. The Morgan fingerprint density at radius 2 is 1.41 bits per heavy atom. The summed E-state index contributed by atoms with van der Waals surface area (Å²) in [6.07, 6.45) is 3.02. The molecule has 0 aliphatic rings. The van der Waals surface area contributed by atoms with Crippen LogP contribution in [-0.2, 0) is 20.2 Å². The molecule has 0 saturated heterocycles. The predicted molar refractivity (Wildman–Crippen MR) is 190 cm³/mol. The average molecular weight is 676 g/mol. The molecule has 1 amide bonds. The minimum absolute atomic E-state index is 0.149. The predicted octanol–water partition coefficient (Wildman–Crippen LogP) is 7.30. The van der Waals surface area contributed by atoms with Crippen molar-refractivity contribution in [3.8, 4) is 0 Å². The molecule has 0 aliphatic heterocycles. The molecule has 10 heteroatoms. The zero-order chi connectivity index (χ0) is 34.6. The summed E-state index contributed by atoms with van der Waals surface area (Å²) in [7, 11) is -0.193. The highest BCUT2D eigenvalue weighted by molar-refractivity contribution is 7.91. The van der Waals surface area contributed by atoms with Crippen LogP contribution < -0.4 is 5.32 Å². The SMILES string of the molecule is CCC(CCC(=O)Nc1nn(C(c2ccccc2)(c2ccccc2)c2ccccc2)c2ncc(S(=O)(=O)c3cccc(F)c3)cc12)N(C)C. The normalized spacial score (nSPS) is 12.7. The molecule has 8 nitrogen and oxygen atoms in total. The van der Waals surface area contributed by atoms with Crippen LogP contribution in [0.5, 0.6) is 0 Å². The van der Waals surface area contributed by atoms with Crippen molar-refractivity contribution in [3.05, 3.63) is 150 Å². The van der Waals surface area contributed by atoms with E-state index in [-0.39, 0.29) is 34.0 Å². The van der Waals surface area contributed by atoms with Crippen LogP contribution in [0, 0.1) is 5.82 Å². The number of amides is 1. The molecule has 0 saturated carbocycles. The first-order chi connectivity index (χ1) is 23.7. The minimum atomic E-state index is -4.17. The smallest absolute Gasteiger partial charge is 0.225 e. The van der Waals surface area contributed by atoms with Gasteiger partial charge in [0.25, 0.3) is 0 Å². The number of nitrogens with zero attached hydrogens (tertiary/aromatic N) is 4. The van der Waals surface area contributed by atoms with E-state index in [9.17, 15) is 17.6 Å². The van der Waals surface area contributed by atoms with E-state index in [1.165, 1.54) is 30.5 Å². The van der Waals surface area contributed by atoms with Crippen molar-refractivity contribution >= 4 is 32.6 Å². The van der Waals surface area contributed by atoms with Gasteiger partial charge in [0.2, 0.25) is 15.7 Å². The van der Waals surface area contributed by atoms with E-state index in [0.717, 1.165) is 29.2 Å². The number of halogens is 1. The number of pyridine rings is 1. The number of rotatable bonds is 12. The van der Waals surface area contributed by atoms with Gasteiger partial charge in [-0.05, 0) is 67.9 Å². The van der Waals surface area contributed by atoms with Crippen molar-refractivity contribution in [2.75, 3.05) is 19.4 Å². The second-order valence-corrected chi connectivity index (χ2v) is 14.1. The van der Waals surface area contributed by atoms with Crippen LogP contribution in [0.15, 0.2) is 137 Å². The number of carbonyl (C=O) groups is 1. The van der Waals surface area contributed by atoms with E-state index >= 15 is 0 Å². The third kappa shape index (κ3) is 6.49. The molecule has 0 radical (unpaired) electrons. The molecule has 1 N–H and O–H groups in total. The molecule has 1 atom stereocenters. The lowest BCUT2D eigenvalue weighted by Gasteiger charge is -2.36. The van der Waals surface area contributed by atoms with Crippen LogP contribution in [0.2, 0.25) is 0 Å². The molecule has 1 unspecified atom stereocenters. The van der Waals surface area contributed by atoms with Gasteiger partial charge in [0.1, 0.15) is 11.4 Å². The second kappa shape index (κ2) is 14.1. The van der Waals surface area contributed by atoms with Crippen molar-refractivity contribution in [3.63, 3.8) is 0 Å². The molecular weight excluding hydrogens is 638 g/mol. The summed E-state index contributed by atoms with van der Waals surface area (Å²) in [5.41, 5.74) is 1.91. The number of sulfone groups is 1. The van der Waals surface area contributed by atoms with Gasteiger partial charge in [-0.1, -0.05) is 104 Å². The molecule has 0 spiro atoms. The van der Waals surface area contributed by atoms with Gasteiger partial charge in [-0.2, -0.15) is 5.10 Å². The number of fused-ring (bicyclic) bond motifs is 1. The topological polar surface area (TPSA) is 97.2 Å². The maximum atomic E-state index is 14.2. The van der Waals surface area contributed by atoms with Crippen LogP contribution in [0.25, 0.3) is 11.0 Å². The van der Waals surface area contributed by atoms with E-state index in [2.05, 4.69) is 17.1 Å². The summed E-state index contributed by atoms with van der Waals surface area (Å²) >= 11 is 0.